The summed E-state index contributed by atoms with van der Waals surface area (Å²) in [4.78, 5) is 20.9. The van der Waals surface area contributed by atoms with Gasteiger partial charge < -0.3 is 19.5 Å². The van der Waals surface area contributed by atoms with Crippen LogP contribution in [-0.4, -0.2) is 47.7 Å². The highest BCUT2D eigenvalue weighted by Crippen LogP contribution is 2.43. The molecule has 1 heterocycles. The molecule has 0 bridgehead atoms. The standard InChI is InChI=1S/C12H23O8P/c1-8-5-9(13)10(20-8)6-18-21(15,16)19-7-17-11(14)12(2,3)4/h8-10,13H,5-7H2,1-4H3,(H,15,16)/t8-,9-,10+/m0/s1. The van der Waals surface area contributed by atoms with Crippen LogP contribution < -0.4 is 0 Å². The average molecular weight is 326 g/mol. The van der Waals surface area contributed by atoms with Crippen LogP contribution in [0, 0.1) is 5.41 Å². The maximum Gasteiger partial charge on any atom is 0.475 e. The summed E-state index contributed by atoms with van der Waals surface area (Å²) in [6.45, 7) is 5.74. The minimum atomic E-state index is -4.37. The van der Waals surface area contributed by atoms with Gasteiger partial charge in [-0.2, -0.15) is 0 Å². The summed E-state index contributed by atoms with van der Waals surface area (Å²) in [5.41, 5.74) is -0.735. The van der Waals surface area contributed by atoms with E-state index in [0.717, 1.165) is 0 Å². The lowest BCUT2D eigenvalue weighted by atomic mass is 9.98. The predicted molar refractivity (Wildman–Crippen MR) is 72.2 cm³/mol. The SMILES string of the molecule is C[C@H]1C[C@H](O)[C@@H](COP(=O)(O)OCOC(=O)C(C)(C)C)O1. The van der Waals surface area contributed by atoms with Crippen molar-refractivity contribution in [2.45, 2.75) is 52.4 Å². The third kappa shape index (κ3) is 6.42. The number of ether oxygens (including phenoxy) is 2. The van der Waals surface area contributed by atoms with Crippen LogP contribution in [0.15, 0.2) is 0 Å². The minimum Gasteiger partial charge on any atom is -0.437 e. The number of aliphatic hydroxyl groups excluding tert-OH is 1. The van der Waals surface area contributed by atoms with E-state index in [1.807, 2.05) is 0 Å². The van der Waals surface area contributed by atoms with Crippen molar-refractivity contribution in [2.75, 3.05) is 13.4 Å². The van der Waals surface area contributed by atoms with E-state index >= 15 is 0 Å². The van der Waals surface area contributed by atoms with E-state index in [-0.39, 0.29) is 12.7 Å². The van der Waals surface area contributed by atoms with Crippen LogP contribution in [0.25, 0.3) is 0 Å². The maximum absolute atomic E-state index is 11.6. The molecule has 0 aromatic carbocycles. The zero-order valence-electron chi connectivity index (χ0n) is 12.6. The number of rotatable bonds is 6. The van der Waals surface area contributed by atoms with Crippen molar-refractivity contribution < 1.29 is 37.9 Å². The molecule has 21 heavy (non-hydrogen) atoms. The monoisotopic (exact) mass is 326 g/mol. The highest BCUT2D eigenvalue weighted by atomic mass is 31.2. The summed E-state index contributed by atoms with van der Waals surface area (Å²) in [6, 6.07) is 0. The zero-order chi connectivity index (χ0) is 16.3. The lowest BCUT2D eigenvalue weighted by Gasteiger charge is -2.19. The molecule has 0 aliphatic carbocycles. The third-order valence-electron chi connectivity index (χ3n) is 2.83. The molecule has 0 saturated carbocycles. The number of carbonyl (C=O) groups excluding carboxylic acids is 1. The van der Waals surface area contributed by atoms with Crippen LogP contribution in [0.3, 0.4) is 0 Å². The topological polar surface area (TPSA) is 112 Å². The molecule has 1 unspecified atom stereocenters. The summed E-state index contributed by atoms with van der Waals surface area (Å²) in [6.07, 6.45) is -1.13. The third-order valence-corrected chi connectivity index (χ3v) is 3.74. The van der Waals surface area contributed by atoms with Gasteiger partial charge in [-0.05, 0) is 27.7 Å². The molecule has 0 spiro atoms. The summed E-state index contributed by atoms with van der Waals surface area (Å²) in [5, 5.41) is 9.61. The van der Waals surface area contributed by atoms with E-state index in [1.54, 1.807) is 27.7 Å². The highest BCUT2D eigenvalue weighted by Gasteiger charge is 2.34. The number of phosphoric acid groups is 1. The fourth-order valence-corrected chi connectivity index (χ4v) is 2.25. The van der Waals surface area contributed by atoms with E-state index < -0.39 is 38.2 Å². The largest absolute Gasteiger partial charge is 0.475 e. The van der Waals surface area contributed by atoms with E-state index in [0.29, 0.717) is 6.42 Å². The van der Waals surface area contributed by atoms with Crippen molar-refractivity contribution in [2.24, 2.45) is 5.41 Å². The van der Waals surface area contributed by atoms with Gasteiger partial charge >= 0.3 is 13.8 Å². The van der Waals surface area contributed by atoms with Crippen molar-refractivity contribution in [1.82, 2.24) is 0 Å². The van der Waals surface area contributed by atoms with E-state index in [9.17, 15) is 19.4 Å². The van der Waals surface area contributed by atoms with Gasteiger partial charge in [0.05, 0.1) is 24.2 Å². The Kier molecular flexibility index (Phi) is 6.34. The Morgan fingerprint density at radius 1 is 1.38 bits per heavy atom. The molecule has 124 valence electrons. The second-order valence-electron chi connectivity index (χ2n) is 5.98. The van der Waals surface area contributed by atoms with Gasteiger partial charge in [0.15, 0.2) is 0 Å². The molecule has 1 aliphatic heterocycles. The maximum atomic E-state index is 11.6. The molecule has 8 nitrogen and oxygen atoms in total. The van der Waals surface area contributed by atoms with E-state index in [2.05, 4.69) is 4.52 Å². The summed E-state index contributed by atoms with van der Waals surface area (Å²) in [5.74, 6) is -0.564. The normalized spacial score (nSPS) is 29.1. The number of esters is 1. The number of hydrogen-bond acceptors (Lipinski definition) is 7. The molecule has 0 aromatic rings. The van der Waals surface area contributed by atoms with E-state index in [1.165, 1.54) is 0 Å². The first-order valence-electron chi connectivity index (χ1n) is 6.64. The second kappa shape index (κ2) is 7.17. The number of phosphoric ester groups is 1. The van der Waals surface area contributed by atoms with Crippen LogP contribution in [-0.2, 0) is 27.9 Å². The fourth-order valence-electron chi connectivity index (χ4n) is 1.65. The fraction of sp³-hybridized carbons (Fsp3) is 0.917. The van der Waals surface area contributed by atoms with Gasteiger partial charge in [0.25, 0.3) is 0 Å². The quantitative estimate of drug-likeness (QED) is 0.425. The van der Waals surface area contributed by atoms with Crippen molar-refractivity contribution in [3.63, 3.8) is 0 Å². The Labute approximate surface area is 124 Å². The van der Waals surface area contributed by atoms with Crippen molar-refractivity contribution in [3.8, 4) is 0 Å². The smallest absolute Gasteiger partial charge is 0.437 e. The molecule has 2 N–H and O–H groups in total. The Bertz CT molecular complexity index is 405. The molecular weight excluding hydrogens is 303 g/mol. The number of hydrogen-bond donors (Lipinski definition) is 2. The molecule has 1 rings (SSSR count). The molecule has 0 amide bonds. The molecule has 0 radical (unpaired) electrons. The van der Waals surface area contributed by atoms with Crippen molar-refractivity contribution >= 4 is 13.8 Å². The molecule has 4 atom stereocenters. The summed E-state index contributed by atoms with van der Waals surface area (Å²) >= 11 is 0. The lowest BCUT2D eigenvalue weighted by molar-refractivity contribution is -0.160. The first-order valence-corrected chi connectivity index (χ1v) is 8.13. The second-order valence-corrected chi connectivity index (χ2v) is 7.43. The van der Waals surface area contributed by atoms with Gasteiger partial charge in [-0.25, -0.2) is 9.09 Å². The minimum absolute atomic E-state index is 0.139. The average Bonchev–Trinajstić information content (AvgIpc) is 2.64. The van der Waals surface area contributed by atoms with Crippen molar-refractivity contribution in [1.29, 1.82) is 0 Å². The summed E-state index contributed by atoms with van der Waals surface area (Å²) < 4.78 is 30.8. The van der Waals surface area contributed by atoms with Gasteiger partial charge in [-0.3, -0.25) is 9.32 Å². The first-order chi connectivity index (χ1) is 9.51. The van der Waals surface area contributed by atoms with Gasteiger partial charge in [0.2, 0.25) is 6.79 Å². The molecule has 1 fully saturated rings. The number of carbonyl (C=O) groups is 1. The van der Waals surface area contributed by atoms with Crippen LogP contribution in [0.4, 0.5) is 0 Å². The number of aliphatic hydroxyl groups is 1. The summed E-state index contributed by atoms with van der Waals surface area (Å²) in [7, 11) is -4.37. The molecule has 1 aliphatic rings. The van der Waals surface area contributed by atoms with Crippen LogP contribution in [0.2, 0.25) is 0 Å². The Morgan fingerprint density at radius 3 is 2.48 bits per heavy atom. The van der Waals surface area contributed by atoms with Crippen LogP contribution >= 0.6 is 7.82 Å². The Hall–Kier alpha value is -0.500. The van der Waals surface area contributed by atoms with Crippen LogP contribution in [0.5, 0.6) is 0 Å². The van der Waals surface area contributed by atoms with Crippen molar-refractivity contribution in [3.05, 3.63) is 0 Å². The molecule has 9 heteroatoms. The highest BCUT2D eigenvalue weighted by molar-refractivity contribution is 7.47. The first kappa shape index (κ1) is 18.5. The van der Waals surface area contributed by atoms with Gasteiger partial charge in [-0.15, -0.1) is 0 Å². The Balaban J connectivity index is 2.31. The van der Waals surface area contributed by atoms with Gasteiger partial charge in [0.1, 0.15) is 6.10 Å². The molecule has 1 saturated heterocycles. The molecular formula is C12H23O8P. The van der Waals surface area contributed by atoms with Crippen LogP contribution in [0.1, 0.15) is 34.1 Å². The van der Waals surface area contributed by atoms with Gasteiger partial charge in [0, 0.05) is 6.42 Å². The Morgan fingerprint density at radius 2 is 2.00 bits per heavy atom. The lowest BCUT2D eigenvalue weighted by Crippen LogP contribution is -2.26. The predicted octanol–water partition coefficient (Wildman–Crippen LogP) is 1.21. The van der Waals surface area contributed by atoms with Gasteiger partial charge in [-0.1, -0.05) is 0 Å². The zero-order valence-corrected chi connectivity index (χ0v) is 13.5. The van der Waals surface area contributed by atoms with E-state index in [4.69, 9.17) is 14.0 Å². The molecule has 0 aromatic heterocycles.